The molecule has 15 heteroatoms. The number of aliphatic carboxylic acids is 1. The highest BCUT2D eigenvalue weighted by molar-refractivity contribution is 5.91. The third kappa shape index (κ3) is 11.0. The van der Waals surface area contributed by atoms with Crippen LogP contribution in [0.3, 0.4) is 0 Å². The number of carboxylic acids is 1. The first-order valence-electron chi connectivity index (χ1n) is 19.3. The van der Waals surface area contributed by atoms with Crippen molar-refractivity contribution in [3.8, 4) is 0 Å². The third-order valence-electron chi connectivity index (χ3n) is 11.7. The van der Waals surface area contributed by atoms with Gasteiger partial charge in [-0.05, 0) is 83.5 Å². The van der Waals surface area contributed by atoms with Crippen LogP contribution in [0.25, 0.3) is 0 Å². The number of carbonyl (C=O) groups is 7. The number of carboxylic acid groups (broad SMARTS) is 1. The second kappa shape index (κ2) is 17.2. The van der Waals surface area contributed by atoms with E-state index >= 15 is 0 Å². The molecule has 15 nitrogen and oxygen atoms in total. The maximum Gasteiger partial charge on any atom is 0.328 e. The average Bonchev–Trinajstić information content (AvgIpc) is 3.53. The van der Waals surface area contributed by atoms with Crippen molar-refractivity contribution in [1.82, 2.24) is 9.80 Å². The van der Waals surface area contributed by atoms with Crippen LogP contribution >= 0.6 is 0 Å². The molecule has 0 aromatic rings. The molecule has 8 atom stereocenters. The number of likely N-dealkylation sites (tertiary alicyclic amines) is 2. The van der Waals surface area contributed by atoms with Gasteiger partial charge in [-0.15, -0.1) is 0 Å². The number of esters is 4. The summed E-state index contributed by atoms with van der Waals surface area (Å²) < 4.78 is 20.5. The summed E-state index contributed by atoms with van der Waals surface area (Å²) in [5, 5.41) is 18.2. The molecule has 0 bridgehead atoms. The molecule has 2 amide bonds. The molecule has 2 saturated heterocycles. The fraction of sp³-hybridized carbons (Fsp3) is 0.825. The number of amides is 2. The molecular formula is C40H64N2O13. The molecule has 0 radical (unpaired) electrons. The number of carbonyl (C=O) groups excluding carboxylic acids is 6. The lowest BCUT2D eigenvalue weighted by Crippen LogP contribution is -2.48. The van der Waals surface area contributed by atoms with E-state index in [1.165, 1.54) is 19.1 Å². The van der Waals surface area contributed by atoms with Crippen molar-refractivity contribution in [3.63, 3.8) is 0 Å². The lowest BCUT2D eigenvalue weighted by atomic mass is 9.94. The Morgan fingerprint density at radius 1 is 0.673 bits per heavy atom. The normalized spacial score (nSPS) is 26.6. The lowest BCUT2D eigenvalue weighted by molar-refractivity contribution is -0.161. The maximum atomic E-state index is 13.2. The highest BCUT2D eigenvalue weighted by Gasteiger charge is 2.71. The molecule has 2 N–H and O–H groups in total. The lowest BCUT2D eigenvalue weighted by Gasteiger charge is -2.32. The molecular weight excluding hydrogens is 716 g/mol. The molecule has 0 aromatic heterocycles. The third-order valence-corrected chi connectivity index (χ3v) is 11.7. The van der Waals surface area contributed by atoms with Gasteiger partial charge in [-0.3, -0.25) is 24.0 Å². The van der Waals surface area contributed by atoms with Gasteiger partial charge in [0.25, 0.3) is 0 Å². The molecule has 312 valence electrons. The number of piperidine rings is 2. The standard InChI is InChI=1S/C20H31NO7.C20H33NO6/c1-19(2,3)28-14(24)9-11(7-8-13(22)23)17(25)21-10-12-15(20(12,4)5)16(21)18(26)27-6;1-19(2,3)27-14(23)10-12(8-7-9-22)17(24)21-11-13-15(20(13,4)5)16(21)18(25)26-6/h11-12,15-16H,7-10H2,1-6H3,(H,22,23);12-13,15-16,22H,7-11H2,1-6H3/t11-,12?,15+,16+;12-,13?,15+,16+/m11/s1. The minimum Gasteiger partial charge on any atom is -0.481 e. The first-order valence-corrected chi connectivity index (χ1v) is 19.3. The van der Waals surface area contributed by atoms with Gasteiger partial charge in [0.1, 0.15) is 23.3 Å². The Kier molecular flexibility index (Phi) is 14.2. The fourth-order valence-electron chi connectivity index (χ4n) is 8.71. The first-order chi connectivity index (χ1) is 25.2. The van der Waals surface area contributed by atoms with Crippen molar-refractivity contribution in [2.75, 3.05) is 33.9 Å². The van der Waals surface area contributed by atoms with E-state index in [2.05, 4.69) is 27.7 Å². The van der Waals surface area contributed by atoms with Crippen LogP contribution in [0.2, 0.25) is 0 Å². The summed E-state index contributed by atoms with van der Waals surface area (Å²) >= 11 is 0. The van der Waals surface area contributed by atoms with E-state index in [0.717, 1.165) is 0 Å². The molecule has 55 heavy (non-hydrogen) atoms. The minimum absolute atomic E-state index is 0.0104. The van der Waals surface area contributed by atoms with E-state index < -0.39 is 65.0 Å². The Balaban J connectivity index is 0.000000296. The van der Waals surface area contributed by atoms with Gasteiger partial charge < -0.3 is 39.0 Å². The van der Waals surface area contributed by atoms with Crippen LogP contribution in [0.1, 0.15) is 108 Å². The van der Waals surface area contributed by atoms with E-state index in [0.29, 0.717) is 25.9 Å². The Labute approximate surface area is 325 Å². The van der Waals surface area contributed by atoms with Gasteiger partial charge in [0.05, 0.1) is 27.1 Å². The molecule has 0 aromatic carbocycles. The van der Waals surface area contributed by atoms with Crippen molar-refractivity contribution in [2.45, 2.75) is 131 Å². The molecule has 2 aliphatic heterocycles. The highest BCUT2D eigenvalue weighted by Crippen LogP contribution is 2.66. The van der Waals surface area contributed by atoms with Crippen molar-refractivity contribution in [3.05, 3.63) is 0 Å². The topological polar surface area (TPSA) is 203 Å². The zero-order valence-electron chi connectivity index (χ0n) is 34.8. The van der Waals surface area contributed by atoms with Crippen molar-refractivity contribution in [2.24, 2.45) is 46.3 Å². The van der Waals surface area contributed by atoms with Gasteiger partial charge in [-0.1, -0.05) is 27.7 Å². The summed E-state index contributed by atoms with van der Waals surface area (Å²) in [5.41, 5.74) is -1.36. The zero-order chi connectivity index (χ0) is 42.0. The van der Waals surface area contributed by atoms with E-state index in [-0.39, 0.29) is 78.6 Å². The number of methoxy groups -OCH3 is 2. The smallest absolute Gasteiger partial charge is 0.328 e. The number of aliphatic hydroxyl groups excluding tert-OH is 1. The van der Waals surface area contributed by atoms with E-state index in [1.807, 2.05) is 0 Å². The molecule has 4 aliphatic rings. The molecule has 2 aliphatic carbocycles. The Morgan fingerprint density at radius 2 is 1.04 bits per heavy atom. The van der Waals surface area contributed by atoms with Gasteiger partial charge in [0, 0.05) is 49.8 Å². The van der Waals surface area contributed by atoms with Crippen LogP contribution in [-0.4, -0.2) is 119 Å². The quantitative estimate of drug-likeness (QED) is 0.191. The molecule has 2 unspecified atom stereocenters. The predicted octanol–water partition coefficient (Wildman–Crippen LogP) is 3.62. The second-order valence-electron chi connectivity index (χ2n) is 18.6. The van der Waals surface area contributed by atoms with Gasteiger partial charge in [-0.25, -0.2) is 9.59 Å². The van der Waals surface area contributed by atoms with Gasteiger partial charge in [0.15, 0.2) is 0 Å². The maximum absolute atomic E-state index is 13.2. The highest BCUT2D eigenvalue weighted by atomic mass is 16.6. The van der Waals surface area contributed by atoms with E-state index in [1.54, 1.807) is 46.4 Å². The summed E-state index contributed by atoms with van der Waals surface area (Å²) in [4.78, 5) is 89.6. The van der Waals surface area contributed by atoms with Crippen LogP contribution in [-0.2, 0) is 52.5 Å². The van der Waals surface area contributed by atoms with Gasteiger partial charge in [-0.2, -0.15) is 0 Å². The van der Waals surface area contributed by atoms with E-state index in [4.69, 9.17) is 29.2 Å². The first kappa shape index (κ1) is 45.6. The summed E-state index contributed by atoms with van der Waals surface area (Å²) in [7, 11) is 2.62. The number of aliphatic hydroxyl groups is 1. The van der Waals surface area contributed by atoms with Crippen molar-refractivity contribution in [1.29, 1.82) is 0 Å². The largest absolute Gasteiger partial charge is 0.481 e. The van der Waals surface area contributed by atoms with Crippen LogP contribution in [0.5, 0.6) is 0 Å². The van der Waals surface area contributed by atoms with Crippen molar-refractivity contribution < 1.29 is 62.7 Å². The van der Waals surface area contributed by atoms with E-state index in [9.17, 15) is 33.6 Å². The number of hydrogen-bond donors (Lipinski definition) is 2. The molecule has 2 saturated carbocycles. The Bertz CT molecular complexity index is 1480. The molecule has 4 fully saturated rings. The molecule has 2 heterocycles. The number of nitrogens with zero attached hydrogens (tertiary/aromatic N) is 2. The SMILES string of the molecule is COC(=O)[C@@H]1[C@@H]2C(CN1C(=O)[C@H](CCC(=O)O)CC(=O)OC(C)(C)C)C2(C)C.COC(=O)[C@@H]1[C@@H]2C(CN1C(=O)[C@H](CCCO)CC(=O)OC(C)(C)C)C2(C)C. The van der Waals surface area contributed by atoms with Crippen molar-refractivity contribution >= 4 is 41.7 Å². The zero-order valence-corrected chi connectivity index (χ0v) is 34.8. The second-order valence-corrected chi connectivity index (χ2v) is 18.6. The van der Waals surface area contributed by atoms with Crippen LogP contribution < -0.4 is 0 Å². The van der Waals surface area contributed by atoms with Crippen LogP contribution in [0.4, 0.5) is 0 Å². The molecule has 0 spiro atoms. The number of ether oxygens (including phenoxy) is 4. The van der Waals surface area contributed by atoms with Crippen LogP contribution in [0, 0.1) is 46.3 Å². The summed E-state index contributed by atoms with van der Waals surface area (Å²) in [5.74, 6) is -4.42. The molecule has 4 rings (SSSR count). The summed E-state index contributed by atoms with van der Waals surface area (Å²) in [6, 6.07) is -1.29. The summed E-state index contributed by atoms with van der Waals surface area (Å²) in [6.07, 6.45) is 0.280. The predicted molar refractivity (Wildman–Crippen MR) is 198 cm³/mol. The number of rotatable bonds is 14. The summed E-state index contributed by atoms with van der Waals surface area (Å²) in [6.45, 7) is 19.7. The number of fused-ring (bicyclic) bond motifs is 2. The Morgan fingerprint density at radius 3 is 1.35 bits per heavy atom. The fourth-order valence-corrected chi connectivity index (χ4v) is 8.71. The number of hydrogen-bond acceptors (Lipinski definition) is 12. The monoisotopic (exact) mass is 780 g/mol. The Hall–Kier alpha value is -3.75. The van der Waals surface area contributed by atoms with Gasteiger partial charge >= 0.3 is 29.8 Å². The average molecular weight is 781 g/mol. The van der Waals surface area contributed by atoms with Crippen LogP contribution in [0.15, 0.2) is 0 Å². The van der Waals surface area contributed by atoms with Gasteiger partial charge in [0.2, 0.25) is 11.8 Å². The minimum atomic E-state index is -1.04.